The average Bonchev–Trinajstić information content (AvgIpc) is 2.61. The van der Waals surface area contributed by atoms with Crippen LogP contribution in [0.5, 0.6) is 0 Å². The van der Waals surface area contributed by atoms with Crippen molar-refractivity contribution in [1.82, 2.24) is 15.1 Å². The van der Waals surface area contributed by atoms with E-state index in [9.17, 15) is 13.6 Å². The molecule has 1 aromatic carbocycles. The van der Waals surface area contributed by atoms with Gasteiger partial charge in [-0.2, -0.15) is 0 Å². The van der Waals surface area contributed by atoms with Crippen molar-refractivity contribution in [3.63, 3.8) is 0 Å². The second kappa shape index (κ2) is 10.4. The lowest BCUT2D eigenvalue weighted by Crippen LogP contribution is -2.57. The summed E-state index contributed by atoms with van der Waals surface area (Å²) < 4.78 is 32.3. The number of ether oxygens (including phenoxy) is 1. The molecule has 0 bridgehead atoms. The maximum absolute atomic E-state index is 14.0. The molecule has 9 heteroatoms. The molecule has 2 atom stereocenters. The van der Waals surface area contributed by atoms with Crippen LogP contribution < -0.4 is 5.32 Å². The van der Waals surface area contributed by atoms with Gasteiger partial charge in [-0.25, -0.2) is 8.78 Å². The molecule has 2 fully saturated rings. The normalized spacial score (nSPS) is 22.1. The summed E-state index contributed by atoms with van der Waals surface area (Å²) in [4.78, 5) is 16.4. The molecule has 0 radical (unpaired) electrons. The largest absolute Gasteiger partial charge is 0.378 e. The Morgan fingerprint density at radius 1 is 1.23 bits per heavy atom. The zero-order valence-electron chi connectivity index (χ0n) is 14.6. The van der Waals surface area contributed by atoms with Crippen LogP contribution in [0.3, 0.4) is 0 Å². The van der Waals surface area contributed by atoms with Gasteiger partial charge in [-0.1, -0.05) is 6.07 Å². The summed E-state index contributed by atoms with van der Waals surface area (Å²) in [6.07, 6.45) is 0. The van der Waals surface area contributed by atoms with Gasteiger partial charge in [0.05, 0.1) is 13.2 Å². The molecule has 26 heavy (non-hydrogen) atoms. The molecule has 0 spiro atoms. The number of morpholine rings is 1. The fraction of sp³-hybridized carbons (Fsp3) is 0.588. The number of hydrogen-bond donors (Lipinski definition) is 1. The van der Waals surface area contributed by atoms with Gasteiger partial charge in [-0.3, -0.25) is 9.69 Å². The Hall–Kier alpha value is -0.990. The highest BCUT2D eigenvalue weighted by molar-refractivity contribution is 5.85. The van der Waals surface area contributed by atoms with Gasteiger partial charge in [0.1, 0.15) is 17.7 Å². The number of nitrogens with one attached hydrogen (secondary N) is 1. The molecule has 148 valence electrons. The minimum Gasteiger partial charge on any atom is -0.378 e. The Bertz CT molecular complexity index is 595. The Morgan fingerprint density at radius 2 is 1.92 bits per heavy atom. The molecular formula is C17H25Cl2F2N3O2. The number of amides is 1. The maximum atomic E-state index is 14.0. The lowest BCUT2D eigenvalue weighted by molar-refractivity contribution is -0.138. The van der Waals surface area contributed by atoms with Crippen molar-refractivity contribution in [3.05, 3.63) is 35.4 Å². The number of piperazine rings is 1. The zero-order chi connectivity index (χ0) is 17.1. The molecule has 0 saturated carbocycles. The van der Waals surface area contributed by atoms with E-state index in [4.69, 9.17) is 4.74 Å². The molecule has 2 unspecified atom stereocenters. The Kier molecular flexibility index (Phi) is 9.19. The van der Waals surface area contributed by atoms with E-state index in [-0.39, 0.29) is 42.8 Å². The van der Waals surface area contributed by atoms with E-state index in [1.807, 2.05) is 11.8 Å². The number of carbonyl (C=O) groups excluding carboxylic acids is 1. The minimum absolute atomic E-state index is 0. The van der Waals surface area contributed by atoms with Gasteiger partial charge in [0.2, 0.25) is 5.91 Å². The topological polar surface area (TPSA) is 44.8 Å². The van der Waals surface area contributed by atoms with Crippen LogP contribution in [0.4, 0.5) is 8.78 Å². The lowest BCUT2D eigenvalue weighted by Gasteiger charge is -2.39. The minimum atomic E-state index is -0.568. The molecular weight excluding hydrogens is 387 g/mol. The number of nitrogens with zero attached hydrogens (tertiary/aromatic N) is 2. The zero-order valence-corrected chi connectivity index (χ0v) is 16.3. The van der Waals surface area contributed by atoms with E-state index in [0.717, 1.165) is 6.07 Å². The summed E-state index contributed by atoms with van der Waals surface area (Å²) in [6, 6.07) is 3.27. The third-order valence-corrected chi connectivity index (χ3v) is 4.81. The molecule has 2 heterocycles. The van der Waals surface area contributed by atoms with E-state index >= 15 is 0 Å². The van der Waals surface area contributed by atoms with Crippen molar-refractivity contribution in [2.75, 3.05) is 45.9 Å². The predicted molar refractivity (Wildman–Crippen MR) is 100 cm³/mol. The lowest BCUT2D eigenvalue weighted by atomic mass is 10.0. The van der Waals surface area contributed by atoms with Crippen LogP contribution >= 0.6 is 24.8 Å². The summed E-state index contributed by atoms with van der Waals surface area (Å²) in [6.45, 7) is 6.18. The van der Waals surface area contributed by atoms with Gasteiger partial charge >= 0.3 is 0 Å². The van der Waals surface area contributed by atoms with E-state index in [1.165, 1.54) is 12.1 Å². The molecule has 1 amide bonds. The molecule has 0 aromatic heterocycles. The summed E-state index contributed by atoms with van der Waals surface area (Å²) in [5, 5.41) is 3.17. The number of carbonyl (C=O) groups is 1. The Balaban J connectivity index is 0.00000169. The smallest absolute Gasteiger partial charge is 0.242 e. The van der Waals surface area contributed by atoms with Crippen molar-refractivity contribution in [1.29, 1.82) is 0 Å². The molecule has 1 aromatic rings. The summed E-state index contributed by atoms with van der Waals surface area (Å²) in [7, 11) is 0. The van der Waals surface area contributed by atoms with E-state index in [0.29, 0.717) is 51.5 Å². The highest BCUT2D eigenvalue weighted by Crippen LogP contribution is 2.24. The summed E-state index contributed by atoms with van der Waals surface area (Å²) in [5.41, 5.74) is 0.485. The van der Waals surface area contributed by atoms with Gasteiger partial charge < -0.3 is 15.0 Å². The molecule has 5 nitrogen and oxygen atoms in total. The Labute approximate surface area is 164 Å². The summed E-state index contributed by atoms with van der Waals surface area (Å²) >= 11 is 0. The highest BCUT2D eigenvalue weighted by Gasteiger charge is 2.30. The van der Waals surface area contributed by atoms with Gasteiger partial charge in [0.15, 0.2) is 0 Å². The SMILES string of the molecule is CC(c1ccc(F)cc1F)N1CCN(C(=O)C2COCCN2)CC1.Cl.Cl. The first-order chi connectivity index (χ1) is 11.6. The van der Waals surface area contributed by atoms with Crippen molar-refractivity contribution < 1.29 is 18.3 Å². The highest BCUT2D eigenvalue weighted by atomic mass is 35.5. The monoisotopic (exact) mass is 411 g/mol. The van der Waals surface area contributed by atoms with Crippen molar-refractivity contribution in [3.8, 4) is 0 Å². The molecule has 1 N–H and O–H groups in total. The first-order valence-corrected chi connectivity index (χ1v) is 8.35. The van der Waals surface area contributed by atoms with Crippen LogP contribution in [-0.2, 0) is 9.53 Å². The van der Waals surface area contributed by atoms with Crippen LogP contribution in [0.1, 0.15) is 18.5 Å². The van der Waals surface area contributed by atoms with Crippen molar-refractivity contribution in [2.45, 2.75) is 19.0 Å². The summed E-state index contributed by atoms with van der Waals surface area (Å²) in [5.74, 6) is -1.03. The molecule has 3 rings (SSSR count). The third-order valence-electron chi connectivity index (χ3n) is 4.81. The van der Waals surface area contributed by atoms with Crippen LogP contribution in [0.2, 0.25) is 0 Å². The molecule has 2 aliphatic rings. The van der Waals surface area contributed by atoms with E-state index in [2.05, 4.69) is 10.2 Å². The fourth-order valence-electron chi connectivity index (χ4n) is 3.31. The maximum Gasteiger partial charge on any atom is 0.242 e. The third kappa shape index (κ3) is 5.27. The quantitative estimate of drug-likeness (QED) is 0.825. The van der Waals surface area contributed by atoms with Gasteiger partial charge in [-0.15, -0.1) is 24.8 Å². The average molecular weight is 412 g/mol. The van der Waals surface area contributed by atoms with Crippen LogP contribution in [-0.4, -0.2) is 67.7 Å². The van der Waals surface area contributed by atoms with Gasteiger partial charge in [0, 0.05) is 50.4 Å². The first-order valence-electron chi connectivity index (χ1n) is 8.35. The second-order valence-corrected chi connectivity index (χ2v) is 6.28. The second-order valence-electron chi connectivity index (χ2n) is 6.28. The number of rotatable bonds is 3. The van der Waals surface area contributed by atoms with E-state index < -0.39 is 11.6 Å². The van der Waals surface area contributed by atoms with Crippen molar-refractivity contribution in [2.24, 2.45) is 0 Å². The van der Waals surface area contributed by atoms with Gasteiger partial charge in [-0.05, 0) is 13.0 Å². The fourth-order valence-corrected chi connectivity index (χ4v) is 3.31. The molecule has 0 aliphatic carbocycles. The number of hydrogen-bond acceptors (Lipinski definition) is 4. The van der Waals surface area contributed by atoms with Crippen molar-refractivity contribution >= 4 is 30.7 Å². The van der Waals surface area contributed by atoms with Gasteiger partial charge in [0.25, 0.3) is 0 Å². The van der Waals surface area contributed by atoms with Crippen LogP contribution in [0, 0.1) is 11.6 Å². The number of halogens is 4. The van der Waals surface area contributed by atoms with E-state index in [1.54, 1.807) is 0 Å². The first kappa shape index (κ1) is 23.0. The Morgan fingerprint density at radius 3 is 2.50 bits per heavy atom. The van der Waals surface area contributed by atoms with Crippen LogP contribution in [0.25, 0.3) is 0 Å². The predicted octanol–water partition coefficient (Wildman–Crippen LogP) is 2.00. The number of benzene rings is 1. The molecule has 2 aliphatic heterocycles. The van der Waals surface area contributed by atoms with Crippen LogP contribution in [0.15, 0.2) is 18.2 Å². The molecule has 2 saturated heterocycles. The standard InChI is InChI=1S/C17H23F2N3O2.2ClH/c1-12(14-3-2-13(18)10-15(14)19)21-5-7-22(8-6-21)17(23)16-11-24-9-4-20-16;;/h2-3,10,12,16,20H,4-9,11H2,1H3;2*1H.